The van der Waals surface area contributed by atoms with Gasteiger partial charge in [-0.25, -0.2) is 21.9 Å². The van der Waals surface area contributed by atoms with Crippen molar-refractivity contribution in [1.29, 1.82) is 0 Å². The first kappa shape index (κ1) is 14.6. The molecule has 1 aromatic heterocycles. The molecule has 6 nitrogen and oxygen atoms in total. The Balaban J connectivity index is 2.31. The summed E-state index contributed by atoms with van der Waals surface area (Å²) >= 11 is 0. The first-order chi connectivity index (χ1) is 9.44. The van der Waals surface area contributed by atoms with Gasteiger partial charge in [0.25, 0.3) is 0 Å². The Bertz CT molecular complexity index is 701. The van der Waals surface area contributed by atoms with Crippen LogP contribution in [-0.4, -0.2) is 18.7 Å². The second-order valence-electron chi connectivity index (χ2n) is 3.85. The third kappa shape index (κ3) is 3.00. The number of benzene rings is 1. The van der Waals surface area contributed by atoms with Crippen LogP contribution in [0.1, 0.15) is 11.3 Å². The predicted octanol–water partition coefficient (Wildman–Crippen LogP) is 0.924. The second-order valence-corrected chi connectivity index (χ2v) is 5.59. The summed E-state index contributed by atoms with van der Waals surface area (Å²) in [4.78, 5) is -0.874. The summed E-state index contributed by atoms with van der Waals surface area (Å²) in [6.45, 7) is -0.866. The lowest BCUT2D eigenvalue weighted by atomic mass is 10.2. The quantitative estimate of drug-likeness (QED) is 0.857. The lowest BCUT2D eigenvalue weighted by molar-refractivity contribution is 0.280. The molecule has 0 aliphatic rings. The number of sulfonamides is 1. The summed E-state index contributed by atoms with van der Waals surface area (Å²) in [7, 11) is -4.29. The van der Waals surface area contributed by atoms with E-state index in [2.05, 4.69) is 9.68 Å². The number of aliphatic hydroxyl groups is 1. The van der Waals surface area contributed by atoms with E-state index in [0.29, 0.717) is 0 Å². The van der Waals surface area contributed by atoms with Crippen molar-refractivity contribution < 1.29 is 26.8 Å². The molecule has 2 N–H and O–H groups in total. The highest BCUT2D eigenvalue weighted by Crippen LogP contribution is 2.20. The zero-order chi connectivity index (χ0) is 14.8. The highest BCUT2D eigenvalue weighted by molar-refractivity contribution is 7.89. The van der Waals surface area contributed by atoms with E-state index in [-0.39, 0.29) is 17.9 Å². The standard InChI is InChI=1S/C11H10F2N2O4S/c12-9-3-7(6-16)4-10(11(9)13)20(17,18)15-5-8-1-2-14-19-8/h1-4,15-16H,5-6H2. The zero-order valence-corrected chi connectivity index (χ0v) is 10.8. The van der Waals surface area contributed by atoms with Crippen LogP contribution in [0.3, 0.4) is 0 Å². The van der Waals surface area contributed by atoms with E-state index >= 15 is 0 Å². The van der Waals surface area contributed by atoms with Gasteiger partial charge in [-0.15, -0.1) is 0 Å². The van der Waals surface area contributed by atoms with Crippen LogP contribution in [0.15, 0.2) is 33.8 Å². The lowest BCUT2D eigenvalue weighted by Crippen LogP contribution is -2.24. The average molecular weight is 304 g/mol. The molecule has 2 rings (SSSR count). The number of nitrogens with one attached hydrogen (secondary N) is 1. The van der Waals surface area contributed by atoms with Gasteiger partial charge in [0, 0.05) is 6.07 Å². The Morgan fingerprint density at radius 2 is 2.10 bits per heavy atom. The van der Waals surface area contributed by atoms with Gasteiger partial charge in [-0.2, -0.15) is 0 Å². The van der Waals surface area contributed by atoms with E-state index in [1.54, 1.807) is 0 Å². The van der Waals surface area contributed by atoms with Crippen molar-refractivity contribution >= 4 is 10.0 Å². The molecular formula is C11H10F2N2O4S. The van der Waals surface area contributed by atoms with Crippen molar-refractivity contribution in [3.05, 3.63) is 47.4 Å². The second kappa shape index (κ2) is 5.65. The first-order valence-electron chi connectivity index (χ1n) is 5.42. The summed E-state index contributed by atoms with van der Waals surface area (Å²) in [5.41, 5.74) is -0.0519. The fourth-order valence-electron chi connectivity index (χ4n) is 1.48. The predicted molar refractivity (Wildman–Crippen MR) is 62.8 cm³/mol. The SMILES string of the molecule is O=S(=O)(NCc1ccno1)c1cc(CO)cc(F)c1F. The van der Waals surface area contributed by atoms with Crippen molar-refractivity contribution in [3.63, 3.8) is 0 Å². The van der Waals surface area contributed by atoms with Gasteiger partial charge in [0.1, 0.15) is 4.90 Å². The maximum absolute atomic E-state index is 13.6. The van der Waals surface area contributed by atoms with Crippen molar-refractivity contribution in [3.8, 4) is 0 Å². The largest absolute Gasteiger partial charge is 0.392 e. The topological polar surface area (TPSA) is 92.4 Å². The molecular weight excluding hydrogens is 294 g/mol. The summed E-state index contributed by atoms with van der Waals surface area (Å²) in [5.74, 6) is -2.64. The van der Waals surface area contributed by atoms with Crippen LogP contribution in [0, 0.1) is 11.6 Å². The monoisotopic (exact) mass is 304 g/mol. The van der Waals surface area contributed by atoms with E-state index in [1.807, 2.05) is 4.72 Å². The molecule has 0 unspecified atom stereocenters. The fraction of sp³-hybridized carbons (Fsp3) is 0.182. The fourth-order valence-corrected chi connectivity index (χ4v) is 2.61. The highest BCUT2D eigenvalue weighted by atomic mass is 32.2. The molecule has 0 atom stereocenters. The van der Waals surface area contributed by atoms with Crippen LogP contribution in [-0.2, 0) is 23.2 Å². The van der Waals surface area contributed by atoms with Gasteiger partial charge < -0.3 is 9.63 Å². The van der Waals surface area contributed by atoms with E-state index in [1.165, 1.54) is 12.3 Å². The summed E-state index contributed by atoms with van der Waals surface area (Å²) < 4.78 is 57.4. The highest BCUT2D eigenvalue weighted by Gasteiger charge is 2.23. The van der Waals surface area contributed by atoms with Crippen molar-refractivity contribution in [2.45, 2.75) is 18.0 Å². The van der Waals surface area contributed by atoms with Crippen molar-refractivity contribution in [2.24, 2.45) is 0 Å². The van der Waals surface area contributed by atoms with Gasteiger partial charge in [-0.3, -0.25) is 0 Å². The molecule has 0 aliphatic heterocycles. The number of hydrogen-bond donors (Lipinski definition) is 2. The van der Waals surface area contributed by atoms with Crippen LogP contribution >= 0.6 is 0 Å². The van der Waals surface area contributed by atoms with Gasteiger partial charge in [-0.1, -0.05) is 5.16 Å². The maximum Gasteiger partial charge on any atom is 0.244 e. The smallest absolute Gasteiger partial charge is 0.244 e. The summed E-state index contributed by atoms with van der Waals surface area (Å²) in [6.07, 6.45) is 1.32. The van der Waals surface area contributed by atoms with E-state index < -0.39 is 33.2 Å². The number of halogens is 2. The van der Waals surface area contributed by atoms with Crippen LogP contribution in [0.5, 0.6) is 0 Å². The van der Waals surface area contributed by atoms with E-state index in [0.717, 1.165) is 12.1 Å². The molecule has 0 saturated carbocycles. The zero-order valence-electron chi connectivity index (χ0n) is 10.0. The van der Waals surface area contributed by atoms with Crippen molar-refractivity contribution in [1.82, 2.24) is 9.88 Å². The van der Waals surface area contributed by atoms with Crippen LogP contribution in [0.4, 0.5) is 8.78 Å². The average Bonchev–Trinajstić information content (AvgIpc) is 2.92. The van der Waals surface area contributed by atoms with Gasteiger partial charge in [0.15, 0.2) is 17.4 Å². The Morgan fingerprint density at radius 3 is 2.70 bits per heavy atom. The minimum Gasteiger partial charge on any atom is -0.392 e. The molecule has 0 fully saturated rings. The lowest BCUT2D eigenvalue weighted by Gasteiger charge is -2.08. The third-order valence-electron chi connectivity index (χ3n) is 2.45. The van der Waals surface area contributed by atoms with Gasteiger partial charge in [-0.05, 0) is 17.7 Å². The molecule has 2 aromatic rings. The summed E-state index contributed by atoms with van der Waals surface area (Å²) in [5, 5.41) is 12.3. The molecule has 0 amide bonds. The van der Waals surface area contributed by atoms with Gasteiger partial charge >= 0.3 is 0 Å². The molecule has 20 heavy (non-hydrogen) atoms. The van der Waals surface area contributed by atoms with Gasteiger partial charge in [0.2, 0.25) is 10.0 Å². The molecule has 1 aromatic carbocycles. The molecule has 108 valence electrons. The molecule has 0 saturated heterocycles. The molecule has 0 radical (unpaired) electrons. The minimum atomic E-state index is -4.29. The number of aliphatic hydroxyl groups excluding tert-OH is 1. The number of rotatable bonds is 5. The van der Waals surface area contributed by atoms with Gasteiger partial charge in [0.05, 0.1) is 19.3 Å². The molecule has 9 heteroatoms. The molecule has 0 bridgehead atoms. The maximum atomic E-state index is 13.6. The Morgan fingerprint density at radius 1 is 1.35 bits per heavy atom. The Labute approximate surface area is 113 Å². The van der Waals surface area contributed by atoms with Crippen LogP contribution < -0.4 is 4.72 Å². The molecule has 0 spiro atoms. The number of hydrogen-bond acceptors (Lipinski definition) is 5. The minimum absolute atomic E-state index is 0.0519. The first-order valence-corrected chi connectivity index (χ1v) is 6.90. The summed E-state index contributed by atoms with van der Waals surface area (Å²) in [6, 6.07) is 3.01. The number of aromatic nitrogens is 1. The molecule has 0 aliphatic carbocycles. The normalized spacial score (nSPS) is 11.8. The number of nitrogens with zero attached hydrogens (tertiary/aromatic N) is 1. The Kier molecular flexibility index (Phi) is 4.12. The van der Waals surface area contributed by atoms with Crippen molar-refractivity contribution in [2.75, 3.05) is 0 Å². The van der Waals surface area contributed by atoms with E-state index in [9.17, 15) is 17.2 Å². The van der Waals surface area contributed by atoms with Crippen LogP contribution in [0.2, 0.25) is 0 Å². The van der Waals surface area contributed by atoms with Crippen LogP contribution in [0.25, 0.3) is 0 Å². The third-order valence-corrected chi connectivity index (χ3v) is 3.85. The Hall–Kier alpha value is -1.84. The van der Waals surface area contributed by atoms with E-state index in [4.69, 9.17) is 5.11 Å². The molecule has 1 heterocycles.